The number of hydrogen-bond acceptors (Lipinski definition) is 2. The molecule has 0 atom stereocenters. The van der Waals surface area contributed by atoms with Gasteiger partial charge in [-0.05, 0) is 13.8 Å². The summed E-state index contributed by atoms with van der Waals surface area (Å²) in [5.41, 5.74) is 0. The molecule has 0 radical (unpaired) electrons. The van der Waals surface area contributed by atoms with Crippen molar-refractivity contribution in [3.8, 4) is 0 Å². The fourth-order valence-corrected chi connectivity index (χ4v) is 0.211. The quantitative estimate of drug-likeness (QED) is 0.353. The van der Waals surface area contributed by atoms with E-state index in [2.05, 4.69) is 13.8 Å². The Kier molecular flexibility index (Phi) is 3.04. The number of nitrogens with zero attached hydrogens (tertiary/aromatic N) is 1. The van der Waals surface area contributed by atoms with E-state index in [1.807, 2.05) is 7.05 Å². The van der Waals surface area contributed by atoms with E-state index in [1.165, 1.54) is 0 Å². The van der Waals surface area contributed by atoms with Gasteiger partial charge in [0, 0.05) is 13.1 Å². The molecule has 0 saturated heterocycles. The predicted octanol–water partition coefficient (Wildman–Crippen LogP) is -0.194. The lowest BCUT2D eigenvalue weighted by atomic mass is 10.4. The lowest BCUT2D eigenvalue weighted by Gasteiger charge is -2.17. The van der Waals surface area contributed by atoms with Gasteiger partial charge in [0.2, 0.25) is 0 Å². The average molecular weight is 101 g/mol. The van der Waals surface area contributed by atoms with Crippen LogP contribution < -0.4 is 0 Å². The van der Waals surface area contributed by atoms with Gasteiger partial charge < -0.3 is 4.76 Å². The number of hydroxylamine groups is 2. The van der Waals surface area contributed by atoms with Crippen molar-refractivity contribution >= 4 is 8.05 Å². The van der Waals surface area contributed by atoms with Gasteiger partial charge in [0.05, 0.1) is 0 Å². The summed E-state index contributed by atoms with van der Waals surface area (Å²) in [4.78, 5) is 0. The molecule has 0 aromatic heterocycles. The molecular weight excluding hydrogens is 88.9 g/mol. The first kappa shape index (κ1) is 6.98. The van der Waals surface area contributed by atoms with Crippen LogP contribution in [-0.4, -0.2) is 26.2 Å². The van der Waals surface area contributed by atoms with Crippen molar-refractivity contribution in [3.63, 3.8) is 0 Å². The predicted molar refractivity (Wildman–Crippen MR) is 32.5 cm³/mol. The van der Waals surface area contributed by atoms with Gasteiger partial charge in [0.25, 0.3) is 8.05 Å². The third-order valence-electron chi connectivity index (χ3n) is 1.02. The summed E-state index contributed by atoms with van der Waals surface area (Å²) >= 11 is 0. The van der Waals surface area contributed by atoms with Gasteiger partial charge in [-0.15, -0.1) is 0 Å². The number of rotatable bonds is 2. The van der Waals surface area contributed by atoms with Gasteiger partial charge in [-0.3, -0.25) is 0 Å². The van der Waals surface area contributed by atoms with Crippen molar-refractivity contribution in [3.05, 3.63) is 0 Å². The second-order valence-corrected chi connectivity index (χ2v) is 1.82. The van der Waals surface area contributed by atoms with Crippen LogP contribution in [0.15, 0.2) is 0 Å². The third-order valence-corrected chi connectivity index (χ3v) is 1.02. The van der Waals surface area contributed by atoms with Crippen molar-refractivity contribution in [2.75, 3.05) is 7.05 Å². The number of hydrogen-bond donors (Lipinski definition) is 0. The minimum atomic E-state index is 0.477. The molecule has 0 aromatic rings. The molecule has 0 heterocycles. The molecule has 2 nitrogen and oxygen atoms in total. The molecule has 0 rings (SSSR count). The molecule has 3 heteroatoms. The second-order valence-electron chi connectivity index (χ2n) is 1.82. The van der Waals surface area contributed by atoms with Crippen molar-refractivity contribution in [2.45, 2.75) is 19.9 Å². The minimum absolute atomic E-state index is 0.477. The Morgan fingerprint density at radius 3 is 2.00 bits per heavy atom. The highest BCUT2D eigenvalue weighted by atomic mass is 16.6. The molecule has 0 fully saturated rings. The zero-order valence-electron chi connectivity index (χ0n) is 5.43. The maximum atomic E-state index is 4.84. The van der Waals surface area contributed by atoms with E-state index >= 15 is 0 Å². The van der Waals surface area contributed by atoms with Crippen molar-refractivity contribution in [2.24, 2.45) is 0 Å². The van der Waals surface area contributed by atoms with Crippen LogP contribution in [0.2, 0.25) is 0 Å². The zero-order chi connectivity index (χ0) is 5.86. The molecule has 0 amide bonds. The Hall–Kier alpha value is -0.0151. The molecule has 0 saturated carbocycles. The molecule has 42 valence electrons. The van der Waals surface area contributed by atoms with Crippen LogP contribution >= 0.6 is 0 Å². The Morgan fingerprint density at radius 1 is 1.57 bits per heavy atom. The lowest BCUT2D eigenvalue weighted by molar-refractivity contribution is -0.0520. The molecule has 7 heavy (non-hydrogen) atoms. The summed E-state index contributed by atoms with van der Waals surface area (Å²) in [6.45, 7) is 4.15. The van der Waals surface area contributed by atoms with Gasteiger partial charge in [-0.2, -0.15) is 0 Å². The highest BCUT2D eigenvalue weighted by Gasteiger charge is 1.96. The summed E-state index contributed by atoms with van der Waals surface area (Å²) in [5, 5.41) is 1.79. The van der Waals surface area contributed by atoms with E-state index in [4.69, 9.17) is 4.76 Å². The van der Waals surface area contributed by atoms with E-state index in [0.717, 1.165) is 0 Å². The Labute approximate surface area is 45.8 Å². The first-order chi connectivity index (χ1) is 3.18. The molecule has 0 aliphatic heterocycles. The van der Waals surface area contributed by atoms with Crippen LogP contribution in [0, 0.1) is 0 Å². The summed E-state index contributed by atoms with van der Waals surface area (Å²) in [6.07, 6.45) is 0. The molecule has 0 aliphatic rings. The molecule has 0 unspecified atom stereocenters. The Balaban J connectivity index is 3.14. The van der Waals surface area contributed by atoms with E-state index in [0.29, 0.717) is 6.04 Å². The standard InChI is InChI=1S/C4H12BNO/c1-4(2)6(3)7-5/h4H,5H2,1-3H3. The van der Waals surface area contributed by atoms with Gasteiger partial charge in [0.1, 0.15) is 0 Å². The van der Waals surface area contributed by atoms with Crippen molar-refractivity contribution < 1.29 is 4.76 Å². The van der Waals surface area contributed by atoms with Gasteiger partial charge in [0.15, 0.2) is 0 Å². The van der Waals surface area contributed by atoms with E-state index in [1.54, 1.807) is 13.1 Å². The van der Waals surface area contributed by atoms with E-state index in [-0.39, 0.29) is 0 Å². The molecular formula is C4H12BNO. The average Bonchev–Trinajstić information content (AvgIpc) is 1.65. The summed E-state index contributed by atoms with van der Waals surface area (Å²) in [7, 11) is 3.57. The van der Waals surface area contributed by atoms with Crippen LogP contribution in [0.4, 0.5) is 0 Å². The van der Waals surface area contributed by atoms with Crippen molar-refractivity contribution in [1.82, 2.24) is 5.06 Å². The molecule has 0 bridgehead atoms. The lowest BCUT2D eigenvalue weighted by Crippen LogP contribution is -2.25. The van der Waals surface area contributed by atoms with Crippen molar-refractivity contribution in [1.29, 1.82) is 0 Å². The van der Waals surface area contributed by atoms with Crippen LogP contribution in [-0.2, 0) is 4.76 Å². The van der Waals surface area contributed by atoms with Crippen LogP contribution in [0.5, 0.6) is 0 Å². The monoisotopic (exact) mass is 101 g/mol. The normalized spacial score (nSPS) is 11.0. The Morgan fingerprint density at radius 2 is 2.00 bits per heavy atom. The maximum absolute atomic E-state index is 4.84. The fourth-order valence-electron chi connectivity index (χ4n) is 0.211. The molecule has 0 aromatic carbocycles. The second kappa shape index (κ2) is 3.05. The Bertz CT molecular complexity index is 49.0. The summed E-state index contributed by atoms with van der Waals surface area (Å²) in [5.74, 6) is 0. The zero-order valence-corrected chi connectivity index (χ0v) is 5.43. The largest absolute Gasteiger partial charge is 0.370 e. The van der Waals surface area contributed by atoms with Gasteiger partial charge in [-0.1, -0.05) is 0 Å². The first-order valence-corrected chi connectivity index (χ1v) is 2.45. The highest BCUT2D eigenvalue weighted by Crippen LogP contribution is 1.89. The van der Waals surface area contributed by atoms with Crippen LogP contribution in [0.1, 0.15) is 13.8 Å². The topological polar surface area (TPSA) is 12.5 Å². The third kappa shape index (κ3) is 2.65. The SMILES string of the molecule is BON(C)C(C)C. The van der Waals surface area contributed by atoms with E-state index < -0.39 is 0 Å². The molecule has 0 aliphatic carbocycles. The van der Waals surface area contributed by atoms with E-state index in [9.17, 15) is 0 Å². The molecule has 0 N–H and O–H groups in total. The summed E-state index contributed by atoms with van der Waals surface area (Å²) in [6, 6.07) is 0.477. The summed E-state index contributed by atoms with van der Waals surface area (Å²) < 4.78 is 4.84. The fraction of sp³-hybridized carbons (Fsp3) is 1.00. The van der Waals surface area contributed by atoms with Gasteiger partial charge in [-0.25, -0.2) is 5.06 Å². The molecule has 0 spiro atoms. The minimum Gasteiger partial charge on any atom is -0.370 e. The smallest absolute Gasteiger partial charge is 0.287 e. The highest BCUT2D eigenvalue weighted by molar-refractivity contribution is 5.97. The first-order valence-electron chi connectivity index (χ1n) is 2.45. The van der Waals surface area contributed by atoms with Gasteiger partial charge >= 0.3 is 0 Å². The maximum Gasteiger partial charge on any atom is 0.287 e. The van der Waals surface area contributed by atoms with Crippen LogP contribution in [0.25, 0.3) is 0 Å². The van der Waals surface area contributed by atoms with Crippen LogP contribution in [0.3, 0.4) is 0 Å².